The lowest BCUT2D eigenvalue weighted by atomic mass is 9.90. The van der Waals surface area contributed by atoms with Crippen molar-refractivity contribution >= 4 is 45.5 Å². The van der Waals surface area contributed by atoms with Crippen LogP contribution in [0.2, 0.25) is 0 Å². The first-order valence-corrected chi connectivity index (χ1v) is 17.0. The summed E-state index contributed by atoms with van der Waals surface area (Å²) >= 11 is 0. The van der Waals surface area contributed by atoms with Crippen molar-refractivity contribution < 1.29 is 38.1 Å². The fourth-order valence-electron chi connectivity index (χ4n) is 6.82. The molecule has 0 aromatic heterocycles. The van der Waals surface area contributed by atoms with E-state index < -0.39 is 24.0 Å². The predicted octanol–water partition coefficient (Wildman–Crippen LogP) is 6.52. The molecule has 0 aliphatic carbocycles. The molecule has 12 nitrogen and oxygen atoms in total. The van der Waals surface area contributed by atoms with Crippen LogP contribution in [0.4, 0.5) is 9.59 Å². The van der Waals surface area contributed by atoms with Crippen molar-refractivity contribution in [3.63, 3.8) is 0 Å². The molecule has 2 N–H and O–H groups in total. The quantitative estimate of drug-likeness (QED) is 0.133. The van der Waals surface area contributed by atoms with Crippen LogP contribution in [-0.2, 0) is 19.1 Å². The average Bonchev–Trinajstić information content (AvgIpc) is 3.16. The van der Waals surface area contributed by atoms with E-state index in [-0.39, 0.29) is 12.1 Å². The van der Waals surface area contributed by atoms with Gasteiger partial charge in [-0.15, -0.1) is 0 Å². The Morgan fingerprint density at radius 2 is 1.00 bits per heavy atom. The number of hydrogen-bond acceptors (Lipinski definition) is 8. The summed E-state index contributed by atoms with van der Waals surface area (Å²) in [7, 11) is 5.85. The van der Waals surface area contributed by atoms with E-state index in [0.29, 0.717) is 71.2 Å². The summed E-state index contributed by atoms with van der Waals surface area (Å²) in [6.45, 7) is 4.10. The van der Waals surface area contributed by atoms with Gasteiger partial charge in [-0.2, -0.15) is 0 Å². The summed E-state index contributed by atoms with van der Waals surface area (Å²) in [5.74, 6) is -0.00258. The number of carbonyl (C=O) groups excluding carboxylic acids is 4. The summed E-state index contributed by atoms with van der Waals surface area (Å²) < 4.78 is 23.0. The number of hydrogen-bond donors (Lipinski definition) is 2. The number of nitrogens with zero attached hydrogens (tertiary/aromatic N) is 2. The number of urea groups is 2. The summed E-state index contributed by atoms with van der Waals surface area (Å²) in [5, 5.41) is 9.49. The summed E-state index contributed by atoms with van der Waals surface area (Å²) in [6, 6.07) is 20.8. The maximum absolute atomic E-state index is 13.1. The molecule has 0 fully saturated rings. The molecule has 0 saturated carbocycles. The number of methoxy groups -OCH3 is 2. The Labute approximate surface area is 301 Å². The molecule has 12 heteroatoms. The van der Waals surface area contributed by atoms with Crippen molar-refractivity contribution in [2.75, 3.05) is 41.5 Å². The maximum atomic E-state index is 13.1. The van der Waals surface area contributed by atoms with Crippen LogP contribution in [0.25, 0.3) is 21.5 Å². The fourth-order valence-corrected chi connectivity index (χ4v) is 6.82. The van der Waals surface area contributed by atoms with E-state index >= 15 is 0 Å². The molecule has 4 aromatic rings. The second-order valence-electron chi connectivity index (χ2n) is 12.7. The van der Waals surface area contributed by atoms with Gasteiger partial charge in [-0.25, -0.2) is 19.2 Å². The monoisotopic (exact) mass is 706 g/mol. The number of allylic oxidation sites excluding steroid dienone is 2. The van der Waals surface area contributed by atoms with Gasteiger partial charge < -0.3 is 39.4 Å². The fraction of sp³-hybridized carbons (Fsp3) is 0.300. The molecule has 0 saturated heterocycles. The lowest BCUT2D eigenvalue weighted by Crippen LogP contribution is -2.46. The highest BCUT2D eigenvalue weighted by Gasteiger charge is 2.38. The number of esters is 2. The van der Waals surface area contributed by atoms with Crippen LogP contribution in [0.15, 0.2) is 95.3 Å². The van der Waals surface area contributed by atoms with E-state index in [1.54, 1.807) is 27.9 Å². The van der Waals surface area contributed by atoms with Crippen molar-refractivity contribution in [1.29, 1.82) is 0 Å². The van der Waals surface area contributed by atoms with E-state index in [2.05, 4.69) is 10.6 Å². The van der Waals surface area contributed by atoms with Crippen LogP contribution in [0.1, 0.15) is 49.9 Å². The third kappa shape index (κ3) is 6.59. The zero-order valence-electron chi connectivity index (χ0n) is 30.1. The molecule has 0 radical (unpaired) electrons. The van der Waals surface area contributed by atoms with Crippen molar-refractivity contribution in [1.82, 2.24) is 20.4 Å². The number of rotatable bonds is 11. The van der Waals surface area contributed by atoms with Crippen molar-refractivity contribution in [3.8, 4) is 11.5 Å². The van der Waals surface area contributed by atoms with Crippen LogP contribution in [0.5, 0.6) is 11.5 Å². The van der Waals surface area contributed by atoms with Crippen molar-refractivity contribution in [2.45, 2.75) is 38.8 Å². The Hall–Kier alpha value is -6.04. The molecule has 2 aliphatic heterocycles. The van der Waals surface area contributed by atoms with Crippen molar-refractivity contribution in [3.05, 3.63) is 106 Å². The smallest absolute Gasteiger partial charge is 0.337 e. The van der Waals surface area contributed by atoms with E-state index in [4.69, 9.17) is 18.9 Å². The van der Waals surface area contributed by atoms with Crippen LogP contribution >= 0.6 is 0 Å². The Morgan fingerprint density at radius 1 is 0.615 bits per heavy atom. The standard InChI is InChI=1S/C40H42N4O8/c1-23-31(37(45)49-5)35(41-39(47)43(23)3)33-27-15-9-7-13-25(27)17-19-29(33)51-21-11-12-22-52-30-20-18-26-14-8-10-16-28(26)34(30)36-32(38(46)50-6)24(2)44(4)40(48)42-36/h7-10,13-20,35-36H,11-12,21-22H2,1-6H3,(H,41,47)(H,42,48). The number of nitrogens with one attached hydrogen (secondary N) is 2. The normalized spacial score (nSPS) is 17.7. The van der Waals surface area contributed by atoms with Crippen LogP contribution in [-0.4, -0.2) is 75.3 Å². The van der Waals surface area contributed by atoms with Gasteiger partial charge in [0.25, 0.3) is 0 Å². The van der Waals surface area contributed by atoms with Gasteiger partial charge in [0, 0.05) is 36.6 Å². The second-order valence-corrected chi connectivity index (χ2v) is 12.7. The highest BCUT2D eigenvalue weighted by Crippen LogP contribution is 2.42. The topological polar surface area (TPSA) is 136 Å². The Bertz CT molecular complexity index is 1990. The molecule has 4 amide bonds. The van der Waals surface area contributed by atoms with Gasteiger partial charge in [0.05, 0.1) is 50.7 Å². The number of amides is 4. The molecular formula is C40H42N4O8. The van der Waals surface area contributed by atoms with E-state index in [9.17, 15) is 19.2 Å². The molecule has 0 bridgehead atoms. The molecule has 2 aliphatic rings. The van der Waals surface area contributed by atoms with Gasteiger partial charge >= 0.3 is 24.0 Å². The lowest BCUT2D eigenvalue weighted by Gasteiger charge is -2.34. The number of ether oxygens (including phenoxy) is 4. The first-order chi connectivity index (χ1) is 25.1. The SMILES string of the molecule is COC(=O)C1=C(C)N(C)C(=O)NC1c1c(OCCCCOc2ccc3ccccc3c2C2NC(=O)N(C)C(C)=C2C(=O)OC)ccc2ccccc12. The zero-order chi connectivity index (χ0) is 37.1. The van der Waals surface area contributed by atoms with E-state index in [1.807, 2.05) is 72.8 Å². The van der Waals surface area contributed by atoms with Gasteiger partial charge in [-0.1, -0.05) is 60.7 Å². The van der Waals surface area contributed by atoms with Crippen LogP contribution in [0.3, 0.4) is 0 Å². The van der Waals surface area contributed by atoms with E-state index in [1.165, 1.54) is 24.0 Å². The number of fused-ring (bicyclic) bond motifs is 2. The molecule has 270 valence electrons. The third-order valence-electron chi connectivity index (χ3n) is 9.81. The van der Waals surface area contributed by atoms with Gasteiger partial charge in [-0.3, -0.25) is 0 Å². The van der Waals surface area contributed by atoms with Crippen LogP contribution in [0, 0.1) is 0 Å². The predicted molar refractivity (Wildman–Crippen MR) is 196 cm³/mol. The highest BCUT2D eigenvalue weighted by atomic mass is 16.5. The number of unbranched alkanes of at least 4 members (excludes halogenated alkanes) is 1. The van der Waals surface area contributed by atoms with Gasteiger partial charge in [0.2, 0.25) is 0 Å². The molecule has 52 heavy (non-hydrogen) atoms. The molecular weight excluding hydrogens is 664 g/mol. The molecule has 0 spiro atoms. The maximum Gasteiger partial charge on any atom is 0.337 e. The number of benzene rings is 4. The molecule has 4 aromatic carbocycles. The second kappa shape index (κ2) is 15.1. The van der Waals surface area contributed by atoms with Gasteiger partial charge in [0.15, 0.2) is 0 Å². The Morgan fingerprint density at radius 3 is 1.38 bits per heavy atom. The minimum atomic E-state index is -0.792. The van der Waals surface area contributed by atoms with E-state index in [0.717, 1.165) is 21.5 Å². The Balaban J connectivity index is 1.23. The summed E-state index contributed by atoms with van der Waals surface area (Å²) in [6.07, 6.45) is 1.23. The first kappa shape index (κ1) is 35.8. The Kier molecular flexibility index (Phi) is 10.4. The third-order valence-corrected chi connectivity index (χ3v) is 9.81. The molecule has 2 heterocycles. The summed E-state index contributed by atoms with van der Waals surface area (Å²) in [5.41, 5.74) is 2.98. The molecule has 6 rings (SSSR count). The minimum absolute atomic E-state index is 0.326. The van der Waals surface area contributed by atoms with Crippen molar-refractivity contribution in [2.24, 2.45) is 0 Å². The highest BCUT2D eigenvalue weighted by molar-refractivity contribution is 5.99. The number of carbonyl (C=O) groups is 4. The molecule has 2 unspecified atom stereocenters. The van der Waals surface area contributed by atoms with Crippen LogP contribution < -0.4 is 20.1 Å². The zero-order valence-corrected chi connectivity index (χ0v) is 30.1. The first-order valence-electron chi connectivity index (χ1n) is 17.0. The average molecular weight is 707 g/mol. The summed E-state index contributed by atoms with van der Waals surface area (Å²) in [4.78, 5) is 54.9. The largest absolute Gasteiger partial charge is 0.493 e. The lowest BCUT2D eigenvalue weighted by molar-refractivity contribution is -0.137. The van der Waals surface area contributed by atoms with Gasteiger partial charge in [0.1, 0.15) is 11.5 Å². The molecule has 2 atom stereocenters. The minimum Gasteiger partial charge on any atom is -0.493 e. The van der Waals surface area contributed by atoms with Gasteiger partial charge in [-0.05, 0) is 60.4 Å².